The average Bonchev–Trinajstić information content (AvgIpc) is 1.68. The fourth-order valence-corrected chi connectivity index (χ4v) is 0.645. The normalized spacial score (nSPS) is 30.1. The SMILES string of the molecule is CC1CC(O)=C1O. The Balaban J connectivity index is 2.65. The Morgan fingerprint density at radius 1 is 1.57 bits per heavy atom. The molecule has 0 bridgehead atoms. The van der Waals surface area contributed by atoms with E-state index >= 15 is 0 Å². The molecule has 1 atom stereocenters. The fraction of sp³-hybridized carbons (Fsp3) is 0.600. The average molecular weight is 100 g/mol. The smallest absolute Gasteiger partial charge is 0.133 e. The third-order valence-electron chi connectivity index (χ3n) is 1.26. The van der Waals surface area contributed by atoms with Gasteiger partial charge in [0.2, 0.25) is 0 Å². The topological polar surface area (TPSA) is 40.5 Å². The number of rotatable bonds is 0. The van der Waals surface area contributed by atoms with E-state index in [1.54, 1.807) is 0 Å². The van der Waals surface area contributed by atoms with Crippen molar-refractivity contribution in [1.82, 2.24) is 0 Å². The van der Waals surface area contributed by atoms with Gasteiger partial charge in [0.1, 0.15) is 11.5 Å². The molecular formula is C5H8O2. The standard InChI is InChI=1S/C5H8O2/c1-3-2-4(6)5(3)7/h3,6-7H,2H2,1H3. The first-order chi connectivity index (χ1) is 3.22. The Bertz CT molecular complexity index is 115. The summed E-state index contributed by atoms with van der Waals surface area (Å²) in [7, 11) is 0. The molecule has 0 radical (unpaired) electrons. The van der Waals surface area contributed by atoms with Gasteiger partial charge in [-0.1, -0.05) is 6.92 Å². The lowest BCUT2D eigenvalue weighted by Gasteiger charge is -2.20. The molecule has 0 aromatic heterocycles. The van der Waals surface area contributed by atoms with Crippen LogP contribution in [0.25, 0.3) is 0 Å². The van der Waals surface area contributed by atoms with Gasteiger partial charge in [-0.3, -0.25) is 0 Å². The van der Waals surface area contributed by atoms with Gasteiger partial charge < -0.3 is 10.2 Å². The monoisotopic (exact) mass is 100 g/mol. The van der Waals surface area contributed by atoms with Gasteiger partial charge in [0.25, 0.3) is 0 Å². The second-order valence-corrected chi connectivity index (χ2v) is 1.94. The van der Waals surface area contributed by atoms with Crippen molar-refractivity contribution in [3.05, 3.63) is 11.5 Å². The lowest BCUT2D eigenvalue weighted by molar-refractivity contribution is 0.207. The minimum Gasteiger partial charge on any atom is -0.509 e. The van der Waals surface area contributed by atoms with Crippen molar-refractivity contribution in [1.29, 1.82) is 0 Å². The number of hydrogen-bond acceptors (Lipinski definition) is 2. The van der Waals surface area contributed by atoms with Crippen molar-refractivity contribution in [3.8, 4) is 0 Å². The molecule has 40 valence electrons. The largest absolute Gasteiger partial charge is 0.509 e. The van der Waals surface area contributed by atoms with Crippen molar-refractivity contribution in [2.45, 2.75) is 13.3 Å². The van der Waals surface area contributed by atoms with E-state index in [4.69, 9.17) is 10.2 Å². The van der Waals surface area contributed by atoms with E-state index < -0.39 is 0 Å². The van der Waals surface area contributed by atoms with Gasteiger partial charge in [-0.15, -0.1) is 0 Å². The Morgan fingerprint density at radius 3 is 2.14 bits per heavy atom. The zero-order valence-corrected chi connectivity index (χ0v) is 4.18. The molecule has 0 saturated heterocycles. The van der Waals surface area contributed by atoms with E-state index in [0.29, 0.717) is 6.42 Å². The lowest BCUT2D eigenvalue weighted by atomic mass is 9.93. The van der Waals surface area contributed by atoms with Crippen molar-refractivity contribution in [2.24, 2.45) is 5.92 Å². The van der Waals surface area contributed by atoms with Crippen LogP contribution in [0.3, 0.4) is 0 Å². The molecule has 2 nitrogen and oxygen atoms in total. The van der Waals surface area contributed by atoms with Gasteiger partial charge in [-0.2, -0.15) is 0 Å². The summed E-state index contributed by atoms with van der Waals surface area (Å²) >= 11 is 0. The van der Waals surface area contributed by atoms with Gasteiger partial charge in [-0.05, 0) is 0 Å². The summed E-state index contributed by atoms with van der Waals surface area (Å²) < 4.78 is 0. The van der Waals surface area contributed by atoms with Crippen LogP contribution in [0.1, 0.15) is 13.3 Å². The Morgan fingerprint density at radius 2 is 2.14 bits per heavy atom. The quantitative estimate of drug-likeness (QED) is 0.482. The minimum atomic E-state index is 0.160. The predicted octanol–water partition coefficient (Wildman–Crippen LogP) is 1.35. The minimum absolute atomic E-state index is 0.160. The predicted molar refractivity (Wildman–Crippen MR) is 26.1 cm³/mol. The number of allylic oxidation sites excluding steroid dienone is 2. The molecule has 1 aliphatic carbocycles. The van der Waals surface area contributed by atoms with E-state index in [-0.39, 0.29) is 17.4 Å². The molecule has 0 heterocycles. The molecule has 2 N–H and O–H groups in total. The molecule has 0 aromatic carbocycles. The molecule has 2 heteroatoms. The highest BCUT2D eigenvalue weighted by atomic mass is 16.3. The summed E-state index contributed by atoms with van der Waals surface area (Å²) in [5.74, 6) is 0.521. The van der Waals surface area contributed by atoms with E-state index in [2.05, 4.69) is 0 Å². The van der Waals surface area contributed by atoms with Gasteiger partial charge in [0, 0.05) is 12.3 Å². The Labute approximate surface area is 42.1 Å². The molecule has 1 unspecified atom stereocenters. The maximum absolute atomic E-state index is 8.61. The van der Waals surface area contributed by atoms with Crippen molar-refractivity contribution < 1.29 is 10.2 Å². The van der Waals surface area contributed by atoms with Crippen LogP contribution in [-0.4, -0.2) is 10.2 Å². The molecule has 7 heavy (non-hydrogen) atoms. The van der Waals surface area contributed by atoms with Crippen LogP contribution in [-0.2, 0) is 0 Å². The molecule has 0 aliphatic heterocycles. The second-order valence-electron chi connectivity index (χ2n) is 1.94. The van der Waals surface area contributed by atoms with Gasteiger partial charge in [0.15, 0.2) is 0 Å². The van der Waals surface area contributed by atoms with E-state index in [9.17, 15) is 0 Å². The van der Waals surface area contributed by atoms with Crippen LogP contribution < -0.4 is 0 Å². The Kier molecular flexibility index (Phi) is 0.741. The van der Waals surface area contributed by atoms with Crippen LogP contribution in [0.5, 0.6) is 0 Å². The third-order valence-corrected chi connectivity index (χ3v) is 1.26. The molecule has 0 fully saturated rings. The summed E-state index contributed by atoms with van der Waals surface area (Å²) in [5.41, 5.74) is 0. The number of aliphatic hydroxyl groups excluding tert-OH is 2. The first-order valence-corrected chi connectivity index (χ1v) is 2.33. The Hall–Kier alpha value is -0.660. The highest BCUT2D eigenvalue weighted by molar-refractivity contribution is 5.14. The van der Waals surface area contributed by atoms with Crippen LogP contribution >= 0.6 is 0 Å². The molecule has 0 amide bonds. The van der Waals surface area contributed by atoms with Gasteiger partial charge in [0.05, 0.1) is 0 Å². The third kappa shape index (κ3) is 0.463. The summed E-state index contributed by atoms with van der Waals surface area (Å²) in [6, 6.07) is 0. The zero-order valence-electron chi connectivity index (χ0n) is 4.18. The maximum atomic E-state index is 8.61. The van der Waals surface area contributed by atoms with Crippen LogP contribution in [0.15, 0.2) is 11.5 Å². The molecule has 1 rings (SSSR count). The maximum Gasteiger partial charge on any atom is 0.133 e. The second kappa shape index (κ2) is 1.15. The van der Waals surface area contributed by atoms with Crippen molar-refractivity contribution >= 4 is 0 Å². The summed E-state index contributed by atoms with van der Waals surface area (Å²) in [6.07, 6.45) is 0.645. The van der Waals surface area contributed by atoms with Crippen LogP contribution in [0, 0.1) is 5.92 Å². The first-order valence-electron chi connectivity index (χ1n) is 2.33. The zero-order chi connectivity index (χ0) is 5.44. The summed E-state index contributed by atoms with van der Waals surface area (Å²) in [4.78, 5) is 0. The highest BCUT2D eigenvalue weighted by Crippen LogP contribution is 2.29. The first kappa shape index (κ1) is 4.50. The molecule has 1 aliphatic rings. The van der Waals surface area contributed by atoms with E-state index in [1.807, 2.05) is 6.92 Å². The number of aliphatic hydroxyl groups is 2. The van der Waals surface area contributed by atoms with Crippen LogP contribution in [0.2, 0.25) is 0 Å². The molecule has 0 saturated carbocycles. The molecule has 0 aromatic rings. The van der Waals surface area contributed by atoms with Crippen LogP contribution in [0.4, 0.5) is 0 Å². The van der Waals surface area contributed by atoms with Crippen molar-refractivity contribution in [2.75, 3.05) is 0 Å². The van der Waals surface area contributed by atoms with Gasteiger partial charge in [-0.25, -0.2) is 0 Å². The summed E-state index contributed by atoms with van der Waals surface area (Å²) in [5, 5.41) is 17.1. The highest BCUT2D eigenvalue weighted by Gasteiger charge is 2.23. The van der Waals surface area contributed by atoms with E-state index in [1.165, 1.54) is 0 Å². The van der Waals surface area contributed by atoms with Crippen molar-refractivity contribution in [3.63, 3.8) is 0 Å². The molecule has 0 spiro atoms. The fourth-order valence-electron chi connectivity index (χ4n) is 0.645. The number of hydrogen-bond donors (Lipinski definition) is 2. The molecular weight excluding hydrogens is 92.1 g/mol. The summed E-state index contributed by atoms with van der Waals surface area (Å²) in [6.45, 7) is 1.87. The van der Waals surface area contributed by atoms with Gasteiger partial charge >= 0.3 is 0 Å². The van der Waals surface area contributed by atoms with E-state index in [0.717, 1.165) is 0 Å². The lowest BCUT2D eigenvalue weighted by Crippen LogP contribution is -2.14.